The van der Waals surface area contributed by atoms with E-state index in [2.05, 4.69) is 16.4 Å². The van der Waals surface area contributed by atoms with E-state index in [4.69, 9.17) is 4.98 Å². The molecule has 3 atom stereocenters. The van der Waals surface area contributed by atoms with Crippen LogP contribution >= 0.6 is 11.3 Å². The molecule has 0 bridgehead atoms. The van der Waals surface area contributed by atoms with Gasteiger partial charge in [-0.05, 0) is 56.6 Å². The molecule has 2 aliphatic carbocycles. The van der Waals surface area contributed by atoms with Crippen molar-refractivity contribution in [2.45, 2.75) is 51.0 Å². The standard InChI is InChI=1S/C18H21N3OS/c1-11(18-21-15-6-2-3-7-16(15)23-18)20-17(22)14-9-13(14)12-5-4-8-19-10-12/h4-5,8,10-11,13-14H,2-3,6-7,9H2,1H3,(H,20,22)/t11-,13+,14-/m0/s1. The Balaban J connectivity index is 1.38. The predicted octanol–water partition coefficient (Wildman–Crippen LogP) is 3.40. The Morgan fingerprint density at radius 1 is 1.39 bits per heavy atom. The Kier molecular flexibility index (Phi) is 3.89. The molecule has 120 valence electrons. The van der Waals surface area contributed by atoms with E-state index in [1.54, 1.807) is 17.5 Å². The molecule has 1 amide bonds. The number of thiazole rings is 1. The second kappa shape index (κ2) is 6.04. The van der Waals surface area contributed by atoms with Crippen LogP contribution in [-0.4, -0.2) is 15.9 Å². The van der Waals surface area contributed by atoms with E-state index in [1.165, 1.54) is 29.0 Å². The number of aryl methyl sites for hydroxylation is 2. The van der Waals surface area contributed by atoms with Gasteiger partial charge in [0, 0.05) is 23.2 Å². The zero-order chi connectivity index (χ0) is 15.8. The summed E-state index contributed by atoms with van der Waals surface area (Å²) < 4.78 is 0. The molecule has 1 saturated carbocycles. The molecule has 1 fully saturated rings. The Hall–Kier alpha value is -1.75. The number of aromatic nitrogens is 2. The molecule has 0 aromatic carbocycles. The molecule has 0 aliphatic heterocycles. The van der Waals surface area contributed by atoms with Crippen LogP contribution in [0, 0.1) is 5.92 Å². The van der Waals surface area contributed by atoms with Gasteiger partial charge in [0.05, 0.1) is 11.7 Å². The lowest BCUT2D eigenvalue weighted by atomic mass is 10.0. The lowest BCUT2D eigenvalue weighted by Gasteiger charge is -2.11. The number of nitrogens with one attached hydrogen (secondary N) is 1. The topological polar surface area (TPSA) is 54.9 Å². The third-order valence-electron chi connectivity index (χ3n) is 4.83. The Labute approximate surface area is 140 Å². The van der Waals surface area contributed by atoms with E-state index in [0.717, 1.165) is 24.3 Å². The summed E-state index contributed by atoms with van der Waals surface area (Å²) in [5.41, 5.74) is 2.43. The van der Waals surface area contributed by atoms with Gasteiger partial charge in [0.2, 0.25) is 5.91 Å². The van der Waals surface area contributed by atoms with Crippen LogP contribution in [0.4, 0.5) is 0 Å². The number of rotatable bonds is 4. The van der Waals surface area contributed by atoms with Crippen molar-refractivity contribution >= 4 is 17.2 Å². The maximum atomic E-state index is 12.5. The van der Waals surface area contributed by atoms with E-state index in [0.29, 0.717) is 5.92 Å². The Morgan fingerprint density at radius 3 is 3.04 bits per heavy atom. The number of hydrogen-bond acceptors (Lipinski definition) is 4. The monoisotopic (exact) mass is 327 g/mol. The van der Waals surface area contributed by atoms with Crippen LogP contribution in [-0.2, 0) is 17.6 Å². The molecule has 23 heavy (non-hydrogen) atoms. The molecule has 1 N–H and O–H groups in total. The molecule has 0 spiro atoms. The Morgan fingerprint density at radius 2 is 2.26 bits per heavy atom. The van der Waals surface area contributed by atoms with Crippen molar-refractivity contribution < 1.29 is 4.79 Å². The summed E-state index contributed by atoms with van der Waals surface area (Å²) in [5, 5.41) is 4.21. The summed E-state index contributed by atoms with van der Waals surface area (Å²) in [4.78, 5) is 22.8. The minimum atomic E-state index is 0.00764. The van der Waals surface area contributed by atoms with Crippen molar-refractivity contribution in [1.29, 1.82) is 0 Å². The maximum Gasteiger partial charge on any atom is 0.224 e. The van der Waals surface area contributed by atoms with Crippen LogP contribution in [0.2, 0.25) is 0 Å². The smallest absolute Gasteiger partial charge is 0.224 e. The van der Waals surface area contributed by atoms with E-state index in [-0.39, 0.29) is 17.9 Å². The lowest BCUT2D eigenvalue weighted by Crippen LogP contribution is -2.28. The van der Waals surface area contributed by atoms with Gasteiger partial charge in [-0.3, -0.25) is 9.78 Å². The summed E-state index contributed by atoms with van der Waals surface area (Å²) >= 11 is 1.78. The quantitative estimate of drug-likeness (QED) is 0.936. The highest BCUT2D eigenvalue weighted by Crippen LogP contribution is 2.47. The highest BCUT2D eigenvalue weighted by Gasteiger charge is 2.44. The van der Waals surface area contributed by atoms with E-state index in [9.17, 15) is 4.79 Å². The van der Waals surface area contributed by atoms with Gasteiger partial charge in [0.25, 0.3) is 0 Å². The van der Waals surface area contributed by atoms with Gasteiger partial charge in [-0.2, -0.15) is 0 Å². The molecule has 0 radical (unpaired) electrons. The zero-order valence-corrected chi connectivity index (χ0v) is 14.1. The Bertz CT molecular complexity index is 689. The van der Waals surface area contributed by atoms with Crippen LogP contribution in [0.1, 0.15) is 59.3 Å². The van der Waals surface area contributed by atoms with Crippen LogP contribution in [0.5, 0.6) is 0 Å². The van der Waals surface area contributed by atoms with Crippen molar-refractivity contribution in [3.05, 3.63) is 45.7 Å². The average molecular weight is 327 g/mol. The van der Waals surface area contributed by atoms with Crippen molar-refractivity contribution in [2.75, 3.05) is 0 Å². The summed E-state index contributed by atoms with van der Waals surface area (Å²) in [7, 11) is 0. The number of hydrogen-bond donors (Lipinski definition) is 1. The van der Waals surface area contributed by atoms with Crippen molar-refractivity contribution in [2.24, 2.45) is 5.92 Å². The highest BCUT2D eigenvalue weighted by molar-refractivity contribution is 7.11. The molecule has 4 rings (SSSR count). The summed E-state index contributed by atoms with van der Waals surface area (Å²) in [6, 6.07) is 4.00. The number of nitrogens with zero attached hydrogens (tertiary/aromatic N) is 2. The van der Waals surface area contributed by atoms with Gasteiger partial charge in [0.15, 0.2) is 0 Å². The van der Waals surface area contributed by atoms with Gasteiger partial charge in [0.1, 0.15) is 5.01 Å². The first kappa shape index (κ1) is 14.8. The minimum Gasteiger partial charge on any atom is -0.347 e. The fraction of sp³-hybridized carbons (Fsp3) is 0.500. The minimum absolute atomic E-state index is 0.00764. The van der Waals surface area contributed by atoms with Crippen LogP contribution in [0.15, 0.2) is 24.5 Å². The maximum absolute atomic E-state index is 12.5. The predicted molar refractivity (Wildman–Crippen MR) is 90.4 cm³/mol. The molecule has 2 heterocycles. The van der Waals surface area contributed by atoms with Gasteiger partial charge in [-0.1, -0.05) is 6.07 Å². The summed E-state index contributed by atoms with van der Waals surface area (Å²) in [5.74, 6) is 0.580. The molecule has 2 aromatic heterocycles. The molecular weight excluding hydrogens is 306 g/mol. The van der Waals surface area contributed by atoms with E-state index in [1.807, 2.05) is 19.2 Å². The molecule has 0 saturated heterocycles. The second-order valence-corrected chi connectivity index (χ2v) is 7.71. The van der Waals surface area contributed by atoms with E-state index >= 15 is 0 Å². The van der Waals surface area contributed by atoms with E-state index < -0.39 is 0 Å². The van der Waals surface area contributed by atoms with Crippen LogP contribution < -0.4 is 5.32 Å². The van der Waals surface area contributed by atoms with Gasteiger partial charge in [-0.25, -0.2) is 4.98 Å². The highest BCUT2D eigenvalue weighted by atomic mass is 32.1. The molecule has 5 heteroatoms. The third kappa shape index (κ3) is 3.02. The number of amides is 1. The van der Waals surface area contributed by atoms with Crippen molar-refractivity contribution in [1.82, 2.24) is 15.3 Å². The first-order valence-electron chi connectivity index (χ1n) is 8.41. The molecule has 4 nitrogen and oxygen atoms in total. The normalized spacial score (nSPS) is 23.9. The zero-order valence-electron chi connectivity index (χ0n) is 13.3. The average Bonchev–Trinajstić information content (AvgIpc) is 3.27. The largest absolute Gasteiger partial charge is 0.347 e. The van der Waals surface area contributed by atoms with Crippen molar-refractivity contribution in [3.8, 4) is 0 Å². The molecule has 0 unspecified atom stereocenters. The van der Waals surface area contributed by atoms with Gasteiger partial charge < -0.3 is 5.32 Å². The first-order chi connectivity index (χ1) is 11.2. The fourth-order valence-corrected chi connectivity index (χ4v) is 4.54. The van der Waals surface area contributed by atoms with Crippen LogP contribution in [0.3, 0.4) is 0 Å². The molecule has 2 aliphatic rings. The fourth-order valence-electron chi connectivity index (χ4n) is 3.39. The summed E-state index contributed by atoms with van der Waals surface area (Å²) in [6.07, 6.45) is 9.33. The number of pyridine rings is 1. The third-order valence-corrected chi connectivity index (χ3v) is 6.17. The van der Waals surface area contributed by atoms with Crippen LogP contribution in [0.25, 0.3) is 0 Å². The number of fused-ring (bicyclic) bond motifs is 1. The molecular formula is C18H21N3OS. The number of carbonyl (C=O) groups is 1. The van der Waals surface area contributed by atoms with Crippen molar-refractivity contribution in [3.63, 3.8) is 0 Å². The summed E-state index contributed by atoms with van der Waals surface area (Å²) in [6.45, 7) is 2.05. The lowest BCUT2D eigenvalue weighted by molar-refractivity contribution is -0.123. The molecule has 2 aromatic rings. The number of carbonyl (C=O) groups excluding carboxylic acids is 1. The van der Waals surface area contributed by atoms with Gasteiger partial charge >= 0.3 is 0 Å². The first-order valence-corrected chi connectivity index (χ1v) is 9.23. The van der Waals surface area contributed by atoms with Gasteiger partial charge in [-0.15, -0.1) is 11.3 Å². The SMILES string of the molecule is C[C@H](NC(=O)[C@H]1C[C@@H]1c1cccnc1)c1nc2c(s1)CCCC2. The second-order valence-electron chi connectivity index (χ2n) is 6.59.